The molecule has 0 saturated heterocycles. The SMILES string of the molecule is FS(F)(F)F.S. The Hall–Kier alpha value is 0.420. The Kier molecular flexibility index (Phi) is 4.13. The molecule has 0 rings (SSSR count). The van der Waals surface area contributed by atoms with Crippen LogP contribution in [0.5, 0.6) is 0 Å². The standard InChI is InChI=1S/F4S.H2S/c1-5(2,3)4;/h;1H2. The first-order chi connectivity index (χ1) is 2.00. The van der Waals surface area contributed by atoms with Crippen LogP contribution in [0.2, 0.25) is 0 Å². The molecule has 6 heavy (non-hydrogen) atoms. The molecule has 0 aliphatic rings. The largest absolute Gasteiger partial charge is 0.379 e. The molecule has 0 heterocycles. The molecule has 0 bridgehead atoms. The molecular weight excluding hydrogens is 140 g/mol. The molecule has 6 heteroatoms. The van der Waals surface area contributed by atoms with Crippen molar-refractivity contribution < 1.29 is 15.5 Å². The van der Waals surface area contributed by atoms with Crippen LogP contribution in [-0.4, -0.2) is 0 Å². The van der Waals surface area contributed by atoms with Crippen LogP contribution in [0.4, 0.5) is 15.5 Å². The van der Waals surface area contributed by atoms with Crippen molar-refractivity contribution in [3.63, 3.8) is 0 Å². The third-order valence-corrected chi connectivity index (χ3v) is 0. The molecule has 0 spiro atoms. The van der Waals surface area contributed by atoms with Gasteiger partial charge < -0.3 is 0 Å². The van der Waals surface area contributed by atoms with Crippen molar-refractivity contribution in [1.29, 1.82) is 0 Å². The number of hydrogen-bond acceptors (Lipinski definition) is 0. The molecule has 0 unspecified atom stereocenters. The first-order valence-corrected chi connectivity index (χ1v) is 1.85. The quantitative estimate of drug-likeness (QED) is 0.456. The fourth-order valence-corrected chi connectivity index (χ4v) is 0. The molecule has 0 N–H and O–H groups in total. The lowest BCUT2D eigenvalue weighted by molar-refractivity contribution is 0.543. The molecular formula is H2F4S2. The zero-order valence-corrected chi connectivity index (χ0v) is 4.24. The van der Waals surface area contributed by atoms with Crippen LogP contribution in [-0.2, 0) is 0 Å². The summed E-state index contributed by atoms with van der Waals surface area (Å²) in [6.45, 7) is 0. The molecule has 0 aromatic rings. The minimum atomic E-state index is -6.17. The Balaban J connectivity index is 0. The zero-order valence-electron chi connectivity index (χ0n) is 2.42. The van der Waals surface area contributed by atoms with E-state index in [0.29, 0.717) is 0 Å². The van der Waals surface area contributed by atoms with Crippen LogP contribution in [0.15, 0.2) is 0 Å². The Labute approximate surface area is 41.5 Å². The molecule has 0 saturated carbocycles. The molecule has 0 aromatic carbocycles. The molecule has 0 aliphatic heterocycles. The van der Waals surface area contributed by atoms with Gasteiger partial charge in [0.1, 0.15) is 0 Å². The molecule has 0 radical (unpaired) electrons. The minimum absolute atomic E-state index is 0. The Morgan fingerprint density at radius 1 is 0.833 bits per heavy atom. The van der Waals surface area contributed by atoms with Gasteiger partial charge in [0.2, 0.25) is 0 Å². The summed E-state index contributed by atoms with van der Waals surface area (Å²) in [5.74, 6) is 0. The van der Waals surface area contributed by atoms with Crippen molar-refractivity contribution in [1.82, 2.24) is 0 Å². The molecule has 0 aliphatic carbocycles. The van der Waals surface area contributed by atoms with Crippen LogP contribution >= 0.6 is 25.1 Å². The minimum Gasteiger partial charge on any atom is -0.197 e. The summed E-state index contributed by atoms with van der Waals surface area (Å²) in [5, 5.41) is 0. The van der Waals surface area contributed by atoms with Crippen LogP contribution in [0, 0.1) is 0 Å². The maximum atomic E-state index is 9.77. The second-order valence-electron chi connectivity index (χ2n) is 0.350. The number of rotatable bonds is 0. The van der Waals surface area contributed by atoms with Gasteiger partial charge in [-0.2, -0.15) is 13.5 Å². The summed E-state index contributed by atoms with van der Waals surface area (Å²) >= 11 is -6.17. The zero-order chi connectivity index (χ0) is 4.50. The number of halogens is 4. The summed E-state index contributed by atoms with van der Waals surface area (Å²) in [4.78, 5) is 0. The van der Waals surface area contributed by atoms with Crippen molar-refractivity contribution >= 4 is 25.1 Å². The van der Waals surface area contributed by atoms with E-state index in [4.69, 9.17) is 0 Å². The third-order valence-electron chi connectivity index (χ3n) is 0. The normalized spacial score (nSPS) is 12.7. The van der Waals surface area contributed by atoms with E-state index in [1.165, 1.54) is 0 Å². The van der Waals surface area contributed by atoms with Crippen LogP contribution in [0.1, 0.15) is 0 Å². The van der Waals surface area contributed by atoms with Crippen molar-refractivity contribution in [2.75, 3.05) is 0 Å². The molecule has 0 nitrogen and oxygen atoms in total. The summed E-state index contributed by atoms with van der Waals surface area (Å²) in [6, 6.07) is 0. The summed E-state index contributed by atoms with van der Waals surface area (Å²) in [5.41, 5.74) is 0. The fourth-order valence-electron chi connectivity index (χ4n) is 0. The highest BCUT2D eigenvalue weighted by atomic mass is 32.4. The lowest BCUT2D eigenvalue weighted by Crippen LogP contribution is -1.47. The van der Waals surface area contributed by atoms with Gasteiger partial charge >= 0.3 is 11.6 Å². The topological polar surface area (TPSA) is 0 Å². The molecule has 0 fully saturated rings. The summed E-state index contributed by atoms with van der Waals surface area (Å²) < 4.78 is 39.1. The smallest absolute Gasteiger partial charge is 0.197 e. The second-order valence-corrected chi connectivity index (χ2v) is 1.05. The average molecular weight is 142 g/mol. The maximum Gasteiger partial charge on any atom is 0.379 e. The van der Waals surface area contributed by atoms with Crippen LogP contribution in [0.25, 0.3) is 0 Å². The van der Waals surface area contributed by atoms with E-state index in [-0.39, 0.29) is 13.5 Å². The van der Waals surface area contributed by atoms with Gasteiger partial charge in [0.25, 0.3) is 0 Å². The van der Waals surface area contributed by atoms with E-state index in [2.05, 4.69) is 0 Å². The van der Waals surface area contributed by atoms with Gasteiger partial charge in [0.15, 0.2) is 0 Å². The van der Waals surface area contributed by atoms with Crippen molar-refractivity contribution in [2.45, 2.75) is 0 Å². The van der Waals surface area contributed by atoms with E-state index in [9.17, 15) is 15.5 Å². The van der Waals surface area contributed by atoms with Gasteiger partial charge in [-0.1, -0.05) is 15.5 Å². The Morgan fingerprint density at radius 3 is 0.833 bits per heavy atom. The van der Waals surface area contributed by atoms with Gasteiger partial charge in [0.05, 0.1) is 0 Å². The predicted octanol–water partition coefficient (Wildman–Crippen LogP) is 2.44. The molecule has 0 aromatic heterocycles. The van der Waals surface area contributed by atoms with Gasteiger partial charge in [-0.15, -0.1) is 0 Å². The first kappa shape index (κ1) is 9.65. The van der Waals surface area contributed by atoms with Crippen molar-refractivity contribution in [3.05, 3.63) is 0 Å². The monoisotopic (exact) mass is 142 g/mol. The highest BCUT2D eigenvalue weighted by Crippen LogP contribution is 2.54. The lowest BCUT2D eigenvalue weighted by atomic mass is 18.7. The second kappa shape index (κ2) is 2.57. The van der Waals surface area contributed by atoms with Crippen molar-refractivity contribution in [2.24, 2.45) is 0 Å². The lowest BCUT2D eigenvalue weighted by Gasteiger charge is -1.87. The van der Waals surface area contributed by atoms with E-state index >= 15 is 0 Å². The van der Waals surface area contributed by atoms with Crippen LogP contribution < -0.4 is 0 Å². The fraction of sp³-hybridized carbons (Fsp3) is 0. The molecule has 42 valence electrons. The predicted molar refractivity (Wildman–Crippen MR) is 22.4 cm³/mol. The van der Waals surface area contributed by atoms with Gasteiger partial charge in [-0.3, -0.25) is 0 Å². The average Bonchev–Trinajstić information content (AvgIpc) is 0.722. The Bertz CT molecular complexity index is 21.0. The maximum absolute atomic E-state index is 9.77. The van der Waals surface area contributed by atoms with E-state index in [0.717, 1.165) is 0 Å². The third kappa shape index (κ3) is 293. The van der Waals surface area contributed by atoms with E-state index in [1.54, 1.807) is 0 Å². The molecule has 0 amide bonds. The number of hydrogen-bond donors (Lipinski definition) is 0. The highest BCUT2D eigenvalue weighted by Gasteiger charge is 2.16. The Morgan fingerprint density at radius 2 is 0.833 bits per heavy atom. The first-order valence-electron chi connectivity index (χ1n) is 0.617. The van der Waals surface area contributed by atoms with Crippen LogP contribution in [0.3, 0.4) is 0 Å². The van der Waals surface area contributed by atoms with E-state index < -0.39 is 11.6 Å². The summed E-state index contributed by atoms with van der Waals surface area (Å²) in [7, 11) is 0. The van der Waals surface area contributed by atoms with E-state index in [1.807, 2.05) is 0 Å². The highest BCUT2D eigenvalue weighted by molar-refractivity contribution is 8.16. The van der Waals surface area contributed by atoms with Crippen molar-refractivity contribution in [3.8, 4) is 0 Å². The van der Waals surface area contributed by atoms with Gasteiger partial charge in [-0.25, -0.2) is 0 Å². The van der Waals surface area contributed by atoms with Gasteiger partial charge in [-0.05, 0) is 0 Å². The summed E-state index contributed by atoms with van der Waals surface area (Å²) in [6.07, 6.45) is 0. The molecule has 0 atom stereocenters. The van der Waals surface area contributed by atoms with Gasteiger partial charge in [0, 0.05) is 0 Å².